The number of nitrogens with one attached hydrogen (secondary N) is 2. The minimum absolute atomic E-state index is 0.0811. The molecule has 0 aromatic carbocycles. The van der Waals surface area contributed by atoms with E-state index in [0.717, 1.165) is 38.6 Å². The molecule has 0 saturated heterocycles. The van der Waals surface area contributed by atoms with Gasteiger partial charge < -0.3 is 15.4 Å². The Bertz CT molecular complexity index is 215. The van der Waals surface area contributed by atoms with Gasteiger partial charge in [0.15, 0.2) is 0 Å². The molecule has 1 aliphatic carbocycles. The van der Waals surface area contributed by atoms with E-state index in [1.54, 1.807) is 0 Å². The van der Waals surface area contributed by atoms with E-state index < -0.39 is 0 Å². The van der Waals surface area contributed by atoms with E-state index in [1.807, 2.05) is 0 Å². The maximum Gasteiger partial charge on any atom is 0.233 e. The van der Waals surface area contributed by atoms with Crippen molar-refractivity contribution in [2.24, 2.45) is 11.8 Å². The number of hydrogen-bond donors (Lipinski definition) is 2. The largest absolute Gasteiger partial charge is 0.381 e. The summed E-state index contributed by atoms with van der Waals surface area (Å²) in [5, 5.41) is 6.00. The monoisotopic (exact) mass is 242 g/mol. The van der Waals surface area contributed by atoms with Crippen LogP contribution in [0.5, 0.6) is 0 Å². The van der Waals surface area contributed by atoms with Gasteiger partial charge in [0.2, 0.25) is 5.91 Å². The van der Waals surface area contributed by atoms with Gasteiger partial charge in [-0.3, -0.25) is 4.79 Å². The first kappa shape index (κ1) is 14.5. The van der Waals surface area contributed by atoms with Crippen LogP contribution in [0.25, 0.3) is 0 Å². The highest BCUT2D eigenvalue weighted by Gasteiger charge is 2.20. The molecule has 0 aromatic heterocycles. The zero-order valence-corrected chi connectivity index (χ0v) is 11.1. The number of ether oxygens (including phenoxy) is 1. The van der Waals surface area contributed by atoms with Gasteiger partial charge in [-0.2, -0.15) is 0 Å². The first-order chi connectivity index (χ1) is 8.18. The first-order valence-electron chi connectivity index (χ1n) is 6.73. The fourth-order valence-electron chi connectivity index (χ4n) is 1.42. The Morgan fingerprint density at radius 2 is 2.18 bits per heavy atom. The molecule has 1 amide bonds. The molecule has 4 heteroatoms. The third-order valence-electron chi connectivity index (χ3n) is 2.69. The van der Waals surface area contributed by atoms with Crippen LogP contribution in [0, 0.1) is 11.8 Å². The Labute approximate surface area is 104 Å². The van der Waals surface area contributed by atoms with Crippen LogP contribution < -0.4 is 10.6 Å². The lowest BCUT2D eigenvalue weighted by Crippen LogP contribution is -2.36. The van der Waals surface area contributed by atoms with Crippen LogP contribution in [0.3, 0.4) is 0 Å². The van der Waals surface area contributed by atoms with Crippen molar-refractivity contribution < 1.29 is 9.53 Å². The molecule has 0 heterocycles. The molecule has 0 unspecified atom stereocenters. The number of hydrogen-bond acceptors (Lipinski definition) is 3. The Morgan fingerprint density at radius 1 is 1.41 bits per heavy atom. The van der Waals surface area contributed by atoms with Crippen LogP contribution in [0.4, 0.5) is 0 Å². The third-order valence-corrected chi connectivity index (χ3v) is 2.69. The van der Waals surface area contributed by atoms with Crippen molar-refractivity contribution in [2.75, 3.05) is 32.8 Å². The van der Waals surface area contributed by atoms with Gasteiger partial charge in [-0.15, -0.1) is 0 Å². The number of carbonyl (C=O) groups excluding carboxylic acids is 1. The average molecular weight is 242 g/mol. The maximum absolute atomic E-state index is 11.3. The van der Waals surface area contributed by atoms with Crippen LogP contribution in [-0.4, -0.2) is 38.8 Å². The number of amides is 1. The number of rotatable bonds is 10. The van der Waals surface area contributed by atoms with E-state index in [-0.39, 0.29) is 5.91 Å². The molecule has 1 aliphatic rings. The van der Waals surface area contributed by atoms with Crippen molar-refractivity contribution in [2.45, 2.75) is 33.1 Å². The maximum atomic E-state index is 11.3. The first-order valence-corrected chi connectivity index (χ1v) is 6.73. The zero-order chi connectivity index (χ0) is 12.5. The molecule has 17 heavy (non-hydrogen) atoms. The van der Waals surface area contributed by atoms with Gasteiger partial charge in [-0.25, -0.2) is 0 Å². The van der Waals surface area contributed by atoms with Gasteiger partial charge in [0.1, 0.15) is 0 Å². The standard InChI is InChI=1S/C13H26N2O2/c1-11(2)8-15-13(16)9-14-6-3-7-17-10-12-4-5-12/h11-12,14H,3-10H2,1-2H3,(H,15,16). The highest BCUT2D eigenvalue weighted by molar-refractivity contribution is 5.77. The Hall–Kier alpha value is -0.610. The fourth-order valence-corrected chi connectivity index (χ4v) is 1.42. The lowest BCUT2D eigenvalue weighted by atomic mass is 10.2. The minimum atomic E-state index is 0.0811. The minimum Gasteiger partial charge on any atom is -0.381 e. The van der Waals surface area contributed by atoms with Gasteiger partial charge in [-0.05, 0) is 37.6 Å². The highest BCUT2D eigenvalue weighted by Crippen LogP contribution is 2.28. The molecular formula is C13H26N2O2. The normalized spacial score (nSPS) is 15.2. The number of carbonyl (C=O) groups is 1. The van der Waals surface area contributed by atoms with Crippen LogP contribution >= 0.6 is 0 Å². The Kier molecular flexibility index (Phi) is 7.21. The Morgan fingerprint density at radius 3 is 2.82 bits per heavy atom. The quantitative estimate of drug-likeness (QED) is 0.565. The topological polar surface area (TPSA) is 50.4 Å². The van der Waals surface area contributed by atoms with Gasteiger partial charge in [0.25, 0.3) is 0 Å². The van der Waals surface area contributed by atoms with E-state index >= 15 is 0 Å². The summed E-state index contributed by atoms with van der Waals surface area (Å²) in [6.45, 7) is 7.92. The molecule has 0 aromatic rings. The van der Waals surface area contributed by atoms with Gasteiger partial charge in [0.05, 0.1) is 6.54 Å². The van der Waals surface area contributed by atoms with Crippen LogP contribution in [0.2, 0.25) is 0 Å². The van der Waals surface area contributed by atoms with Crippen LogP contribution in [0.1, 0.15) is 33.1 Å². The zero-order valence-electron chi connectivity index (χ0n) is 11.1. The SMILES string of the molecule is CC(C)CNC(=O)CNCCCOCC1CC1. The molecule has 2 N–H and O–H groups in total. The van der Waals surface area contributed by atoms with E-state index in [0.29, 0.717) is 12.5 Å². The summed E-state index contributed by atoms with van der Waals surface area (Å²) >= 11 is 0. The van der Waals surface area contributed by atoms with Crippen molar-refractivity contribution in [3.8, 4) is 0 Å². The summed E-state index contributed by atoms with van der Waals surface area (Å²) < 4.78 is 5.50. The fraction of sp³-hybridized carbons (Fsp3) is 0.923. The molecule has 1 fully saturated rings. The average Bonchev–Trinajstić information content (AvgIpc) is 3.09. The second kappa shape index (κ2) is 8.48. The van der Waals surface area contributed by atoms with Gasteiger partial charge in [0, 0.05) is 19.8 Å². The van der Waals surface area contributed by atoms with Crippen molar-refractivity contribution in [1.29, 1.82) is 0 Å². The van der Waals surface area contributed by atoms with Crippen molar-refractivity contribution in [1.82, 2.24) is 10.6 Å². The summed E-state index contributed by atoms with van der Waals surface area (Å²) in [6, 6.07) is 0. The molecule has 1 saturated carbocycles. The van der Waals surface area contributed by atoms with E-state index in [4.69, 9.17) is 4.74 Å². The second-order valence-corrected chi connectivity index (χ2v) is 5.25. The molecule has 0 radical (unpaired) electrons. The predicted octanol–water partition coefficient (Wildman–Crippen LogP) is 1.16. The summed E-state index contributed by atoms with van der Waals surface area (Å²) in [5.41, 5.74) is 0. The molecule has 4 nitrogen and oxygen atoms in total. The third kappa shape index (κ3) is 9.12. The molecule has 100 valence electrons. The van der Waals surface area contributed by atoms with E-state index in [2.05, 4.69) is 24.5 Å². The second-order valence-electron chi connectivity index (χ2n) is 5.25. The van der Waals surface area contributed by atoms with Crippen molar-refractivity contribution in [3.05, 3.63) is 0 Å². The van der Waals surface area contributed by atoms with E-state index in [9.17, 15) is 4.79 Å². The van der Waals surface area contributed by atoms with E-state index in [1.165, 1.54) is 12.8 Å². The van der Waals surface area contributed by atoms with Crippen molar-refractivity contribution >= 4 is 5.91 Å². The smallest absolute Gasteiger partial charge is 0.233 e. The van der Waals surface area contributed by atoms with Crippen LogP contribution in [0.15, 0.2) is 0 Å². The van der Waals surface area contributed by atoms with Crippen molar-refractivity contribution in [3.63, 3.8) is 0 Å². The van der Waals surface area contributed by atoms with Gasteiger partial charge >= 0.3 is 0 Å². The molecule has 0 aliphatic heterocycles. The van der Waals surface area contributed by atoms with Crippen LogP contribution in [-0.2, 0) is 9.53 Å². The molecule has 0 bridgehead atoms. The summed E-state index contributed by atoms with van der Waals surface area (Å²) in [6.07, 6.45) is 3.66. The summed E-state index contributed by atoms with van der Waals surface area (Å²) in [4.78, 5) is 11.3. The van der Waals surface area contributed by atoms with Gasteiger partial charge in [-0.1, -0.05) is 13.8 Å². The lowest BCUT2D eigenvalue weighted by Gasteiger charge is -2.08. The summed E-state index contributed by atoms with van der Waals surface area (Å²) in [5.74, 6) is 1.43. The lowest BCUT2D eigenvalue weighted by molar-refractivity contribution is -0.120. The molecule has 0 atom stereocenters. The molecular weight excluding hydrogens is 216 g/mol. The predicted molar refractivity (Wildman–Crippen MR) is 68.9 cm³/mol. The molecule has 0 spiro atoms. The molecule has 1 rings (SSSR count). The Balaban J connectivity index is 1.77. The highest BCUT2D eigenvalue weighted by atomic mass is 16.5. The summed E-state index contributed by atoms with van der Waals surface area (Å²) in [7, 11) is 0.